The number of carbonyl (C=O) groups excluding carboxylic acids is 1. The molecule has 0 radical (unpaired) electrons. The molecule has 7 nitrogen and oxygen atoms in total. The number of nitrogens with zero attached hydrogens (tertiary/aromatic N) is 3. The molecule has 0 N–H and O–H groups in total. The van der Waals surface area contributed by atoms with Gasteiger partial charge in [-0.1, -0.05) is 24.3 Å². The van der Waals surface area contributed by atoms with Crippen molar-refractivity contribution in [1.82, 2.24) is 9.91 Å². The van der Waals surface area contributed by atoms with Gasteiger partial charge in [-0.05, 0) is 29.3 Å². The number of benzene rings is 2. The first kappa shape index (κ1) is 21.3. The second-order valence-corrected chi connectivity index (χ2v) is 7.77. The highest BCUT2D eigenvalue weighted by Gasteiger charge is 2.22. The summed E-state index contributed by atoms with van der Waals surface area (Å²) in [6.07, 6.45) is 1.06. The third-order valence-corrected chi connectivity index (χ3v) is 5.69. The molecule has 2 aliphatic heterocycles. The molecule has 7 heteroatoms. The molecular formula is C24H29N3O4. The van der Waals surface area contributed by atoms with Gasteiger partial charge in [0.2, 0.25) is 5.91 Å². The first-order chi connectivity index (χ1) is 15.2. The Bertz CT molecular complexity index is 936. The first-order valence-corrected chi connectivity index (χ1v) is 10.6. The van der Waals surface area contributed by atoms with Crippen molar-refractivity contribution in [3.05, 3.63) is 59.2 Å². The van der Waals surface area contributed by atoms with Gasteiger partial charge in [0, 0.05) is 38.0 Å². The Morgan fingerprint density at radius 3 is 2.26 bits per heavy atom. The van der Waals surface area contributed by atoms with Crippen LogP contribution >= 0.6 is 0 Å². The zero-order valence-corrected chi connectivity index (χ0v) is 18.2. The summed E-state index contributed by atoms with van der Waals surface area (Å²) in [5.74, 6) is 1.37. The molecule has 2 aromatic rings. The largest absolute Gasteiger partial charge is 0.493 e. The number of morpholine rings is 1. The Morgan fingerprint density at radius 2 is 1.58 bits per heavy atom. The maximum Gasteiger partial charge on any atom is 0.243 e. The molecule has 1 amide bonds. The molecule has 0 aliphatic carbocycles. The van der Waals surface area contributed by atoms with Crippen LogP contribution in [-0.2, 0) is 22.6 Å². The summed E-state index contributed by atoms with van der Waals surface area (Å²) in [5, 5.41) is 6.23. The molecule has 0 unspecified atom stereocenters. The fraction of sp³-hybridized carbons (Fsp3) is 0.417. The van der Waals surface area contributed by atoms with Crippen molar-refractivity contribution >= 4 is 11.6 Å². The van der Waals surface area contributed by atoms with Crippen LogP contribution in [0, 0.1) is 0 Å². The van der Waals surface area contributed by atoms with E-state index in [0.29, 0.717) is 30.9 Å². The minimum absolute atomic E-state index is 0.0432. The fourth-order valence-electron chi connectivity index (χ4n) is 3.89. The van der Waals surface area contributed by atoms with Gasteiger partial charge in [-0.15, -0.1) is 0 Å². The highest BCUT2D eigenvalue weighted by Crippen LogP contribution is 2.29. The number of hydrogen-bond acceptors (Lipinski definition) is 6. The van der Waals surface area contributed by atoms with E-state index in [1.807, 2.05) is 18.2 Å². The van der Waals surface area contributed by atoms with Crippen molar-refractivity contribution in [2.24, 2.45) is 5.10 Å². The third-order valence-electron chi connectivity index (χ3n) is 5.69. The van der Waals surface area contributed by atoms with Crippen LogP contribution in [-0.4, -0.2) is 62.1 Å². The van der Waals surface area contributed by atoms with E-state index < -0.39 is 0 Å². The van der Waals surface area contributed by atoms with Crippen molar-refractivity contribution < 1.29 is 19.0 Å². The maximum absolute atomic E-state index is 12.5. The molecule has 2 aliphatic rings. The fourth-order valence-corrected chi connectivity index (χ4v) is 3.89. The molecule has 0 atom stereocenters. The molecule has 0 aromatic heterocycles. The average molecular weight is 424 g/mol. The van der Waals surface area contributed by atoms with Crippen molar-refractivity contribution in [3.8, 4) is 11.5 Å². The van der Waals surface area contributed by atoms with Gasteiger partial charge in [0.25, 0.3) is 0 Å². The van der Waals surface area contributed by atoms with Crippen LogP contribution in [0.4, 0.5) is 0 Å². The standard InChI is InChI=1S/C24H29N3O4/c1-29-22-9-7-20(15-23(22)30-2)21-8-10-24(28)27(25-21)17-19-5-3-18(4-6-19)16-26-11-13-31-14-12-26/h3-7,9,15H,8,10-14,16-17H2,1-2H3. The van der Waals surface area contributed by atoms with E-state index in [4.69, 9.17) is 14.2 Å². The third kappa shape index (κ3) is 5.24. The quantitative estimate of drug-likeness (QED) is 0.685. The average Bonchev–Trinajstić information content (AvgIpc) is 2.82. The summed E-state index contributed by atoms with van der Waals surface area (Å²) in [5.41, 5.74) is 4.15. The number of amides is 1. The highest BCUT2D eigenvalue weighted by atomic mass is 16.5. The summed E-state index contributed by atoms with van der Waals surface area (Å²) in [4.78, 5) is 14.9. The van der Waals surface area contributed by atoms with E-state index in [2.05, 4.69) is 34.3 Å². The van der Waals surface area contributed by atoms with Gasteiger partial charge in [0.1, 0.15) is 0 Å². The molecule has 0 spiro atoms. The zero-order valence-electron chi connectivity index (χ0n) is 18.2. The lowest BCUT2D eigenvalue weighted by Crippen LogP contribution is -2.35. The summed E-state index contributed by atoms with van der Waals surface area (Å²) in [7, 11) is 3.23. The number of hydrogen-bond donors (Lipinski definition) is 0. The monoisotopic (exact) mass is 423 g/mol. The molecule has 2 aromatic carbocycles. The number of carbonyl (C=O) groups is 1. The summed E-state index contributed by atoms with van der Waals surface area (Å²) >= 11 is 0. The molecule has 0 bridgehead atoms. The molecule has 164 valence electrons. The van der Waals surface area contributed by atoms with Gasteiger partial charge in [-0.3, -0.25) is 9.69 Å². The molecule has 0 saturated carbocycles. The number of ether oxygens (including phenoxy) is 3. The molecular weight excluding hydrogens is 394 g/mol. The molecule has 1 fully saturated rings. The topological polar surface area (TPSA) is 63.6 Å². The second-order valence-electron chi connectivity index (χ2n) is 7.77. The first-order valence-electron chi connectivity index (χ1n) is 10.6. The van der Waals surface area contributed by atoms with Crippen LogP contribution in [0.25, 0.3) is 0 Å². The number of hydrazone groups is 1. The van der Waals surface area contributed by atoms with Crippen molar-refractivity contribution in [2.45, 2.75) is 25.9 Å². The molecule has 4 rings (SSSR count). The Balaban J connectivity index is 1.45. The predicted molar refractivity (Wildman–Crippen MR) is 118 cm³/mol. The second kappa shape index (κ2) is 9.94. The van der Waals surface area contributed by atoms with Gasteiger partial charge < -0.3 is 14.2 Å². The van der Waals surface area contributed by atoms with Crippen LogP contribution in [0.2, 0.25) is 0 Å². The zero-order chi connectivity index (χ0) is 21.6. The van der Waals surface area contributed by atoms with Gasteiger partial charge in [0.05, 0.1) is 39.7 Å². The van der Waals surface area contributed by atoms with E-state index in [1.165, 1.54) is 5.56 Å². The molecule has 31 heavy (non-hydrogen) atoms. The SMILES string of the molecule is COc1ccc(C2=NN(Cc3ccc(CN4CCOCC4)cc3)C(=O)CC2)cc1OC. The molecule has 1 saturated heterocycles. The van der Waals surface area contributed by atoms with Crippen LogP contribution in [0.3, 0.4) is 0 Å². The van der Waals surface area contributed by atoms with Crippen molar-refractivity contribution in [2.75, 3.05) is 40.5 Å². The Morgan fingerprint density at radius 1 is 0.903 bits per heavy atom. The van der Waals surface area contributed by atoms with Gasteiger partial charge in [0.15, 0.2) is 11.5 Å². The van der Waals surface area contributed by atoms with E-state index in [1.54, 1.807) is 19.2 Å². The van der Waals surface area contributed by atoms with E-state index >= 15 is 0 Å². The minimum Gasteiger partial charge on any atom is -0.493 e. The van der Waals surface area contributed by atoms with Crippen LogP contribution in [0.5, 0.6) is 11.5 Å². The summed E-state index contributed by atoms with van der Waals surface area (Å²) < 4.78 is 16.1. The van der Waals surface area contributed by atoms with Crippen LogP contribution < -0.4 is 9.47 Å². The van der Waals surface area contributed by atoms with E-state index in [9.17, 15) is 4.79 Å². The smallest absolute Gasteiger partial charge is 0.243 e. The number of rotatable bonds is 7. The lowest BCUT2D eigenvalue weighted by Gasteiger charge is -2.27. The van der Waals surface area contributed by atoms with E-state index in [0.717, 1.165) is 49.7 Å². The van der Waals surface area contributed by atoms with Gasteiger partial charge >= 0.3 is 0 Å². The van der Waals surface area contributed by atoms with Crippen LogP contribution in [0.1, 0.15) is 29.5 Å². The summed E-state index contributed by atoms with van der Waals surface area (Å²) in [6, 6.07) is 14.2. The van der Waals surface area contributed by atoms with Gasteiger partial charge in [-0.25, -0.2) is 5.01 Å². The highest BCUT2D eigenvalue weighted by molar-refractivity contribution is 6.04. The molecule has 2 heterocycles. The normalized spacial score (nSPS) is 17.4. The Hall–Kier alpha value is -2.90. The number of methoxy groups -OCH3 is 2. The van der Waals surface area contributed by atoms with E-state index in [-0.39, 0.29) is 5.91 Å². The lowest BCUT2D eigenvalue weighted by atomic mass is 10.0. The maximum atomic E-state index is 12.5. The summed E-state index contributed by atoms with van der Waals surface area (Å²) in [6.45, 7) is 4.93. The Kier molecular flexibility index (Phi) is 6.84. The van der Waals surface area contributed by atoms with Crippen molar-refractivity contribution in [1.29, 1.82) is 0 Å². The Labute approximate surface area is 183 Å². The van der Waals surface area contributed by atoms with Crippen molar-refractivity contribution in [3.63, 3.8) is 0 Å². The van der Waals surface area contributed by atoms with Gasteiger partial charge in [-0.2, -0.15) is 5.10 Å². The lowest BCUT2D eigenvalue weighted by molar-refractivity contribution is -0.132. The van der Waals surface area contributed by atoms with Crippen LogP contribution in [0.15, 0.2) is 47.6 Å². The minimum atomic E-state index is 0.0432. The predicted octanol–water partition coefficient (Wildman–Crippen LogP) is 3.06.